The number of hydrogen-bond acceptors (Lipinski definition) is 4. The zero-order valence-electron chi connectivity index (χ0n) is 32.1. The Bertz CT molecular complexity index is 618. The first-order valence-corrected chi connectivity index (χ1v) is 20.4. The van der Waals surface area contributed by atoms with Crippen LogP contribution in [-0.4, -0.2) is 73.0 Å². The molecule has 0 aromatic rings. The molecule has 6 nitrogen and oxygen atoms in total. The SMILES string of the molecule is CCCCCCCCCCCCC(C)NC(=O)CCN(CC)CCN(CC)CCC(=O)NC(C)CCCCCCCCCCCC. The van der Waals surface area contributed by atoms with Crippen LogP contribution in [0.5, 0.6) is 0 Å². The van der Waals surface area contributed by atoms with E-state index >= 15 is 0 Å². The van der Waals surface area contributed by atoms with Crippen molar-refractivity contribution in [3.05, 3.63) is 0 Å². The number of rotatable bonds is 35. The summed E-state index contributed by atoms with van der Waals surface area (Å²) in [5.41, 5.74) is 0. The van der Waals surface area contributed by atoms with Crippen LogP contribution in [0.2, 0.25) is 0 Å². The smallest absolute Gasteiger partial charge is 0.221 e. The number of nitrogens with one attached hydrogen (secondary N) is 2. The van der Waals surface area contributed by atoms with Crippen molar-refractivity contribution in [1.82, 2.24) is 20.4 Å². The number of amides is 2. The van der Waals surface area contributed by atoms with Gasteiger partial charge in [0.2, 0.25) is 11.8 Å². The Kier molecular flexibility index (Phi) is 32.9. The molecule has 46 heavy (non-hydrogen) atoms. The Morgan fingerprint density at radius 3 is 1.00 bits per heavy atom. The predicted molar refractivity (Wildman–Crippen MR) is 202 cm³/mol. The van der Waals surface area contributed by atoms with Crippen molar-refractivity contribution in [2.24, 2.45) is 0 Å². The first-order valence-electron chi connectivity index (χ1n) is 20.4. The van der Waals surface area contributed by atoms with Crippen LogP contribution in [0.15, 0.2) is 0 Å². The van der Waals surface area contributed by atoms with Gasteiger partial charge >= 0.3 is 0 Å². The molecule has 0 saturated heterocycles. The van der Waals surface area contributed by atoms with Crippen molar-refractivity contribution in [3.8, 4) is 0 Å². The van der Waals surface area contributed by atoms with Gasteiger partial charge in [0.1, 0.15) is 0 Å². The second-order valence-electron chi connectivity index (χ2n) is 14.2. The van der Waals surface area contributed by atoms with Crippen molar-refractivity contribution < 1.29 is 9.59 Å². The lowest BCUT2D eigenvalue weighted by Gasteiger charge is -2.26. The number of carbonyl (C=O) groups is 2. The van der Waals surface area contributed by atoms with Crippen LogP contribution in [0.3, 0.4) is 0 Å². The minimum Gasteiger partial charge on any atom is -0.354 e. The topological polar surface area (TPSA) is 64.7 Å². The molecule has 0 bridgehead atoms. The zero-order chi connectivity index (χ0) is 34.1. The zero-order valence-corrected chi connectivity index (χ0v) is 32.1. The molecule has 2 unspecified atom stereocenters. The second kappa shape index (κ2) is 33.7. The summed E-state index contributed by atoms with van der Waals surface area (Å²) < 4.78 is 0. The van der Waals surface area contributed by atoms with Crippen LogP contribution in [-0.2, 0) is 9.59 Å². The molecule has 2 atom stereocenters. The summed E-state index contributed by atoms with van der Waals surface area (Å²) in [7, 11) is 0. The highest BCUT2D eigenvalue weighted by Crippen LogP contribution is 2.13. The molecule has 0 fully saturated rings. The summed E-state index contributed by atoms with van der Waals surface area (Å²) >= 11 is 0. The van der Waals surface area contributed by atoms with Crippen LogP contribution in [0.1, 0.15) is 196 Å². The molecular weight excluding hydrogens is 568 g/mol. The van der Waals surface area contributed by atoms with Gasteiger partial charge in [0.05, 0.1) is 0 Å². The van der Waals surface area contributed by atoms with E-state index in [1.54, 1.807) is 0 Å². The number of carbonyl (C=O) groups excluding carboxylic acids is 2. The molecule has 2 N–H and O–H groups in total. The fourth-order valence-corrected chi connectivity index (χ4v) is 6.37. The van der Waals surface area contributed by atoms with E-state index in [0.29, 0.717) is 12.8 Å². The molecule has 0 heterocycles. The quantitative estimate of drug-likeness (QED) is 0.0670. The van der Waals surface area contributed by atoms with Gasteiger partial charge in [-0.1, -0.05) is 156 Å². The van der Waals surface area contributed by atoms with Crippen LogP contribution >= 0.6 is 0 Å². The summed E-state index contributed by atoms with van der Waals surface area (Å²) in [5, 5.41) is 6.45. The van der Waals surface area contributed by atoms with E-state index in [4.69, 9.17) is 0 Å². The molecule has 6 heteroatoms. The van der Waals surface area contributed by atoms with E-state index in [1.165, 1.54) is 128 Å². The molecule has 0 aliphatic rings. The molecule has 0 rings (SSSR count). The number of unbranched alkanes of at least 4 members (excludes halogenated alkanes) is 18. The van der Waals surface area contributed by atoms with E-state index < -0.39 is 0 Å². The molecule has 2 amide bonds. The highest BCUT2D eigenvalue weighted by molar-refractivity contribution is 5.76. The Morgan fingerprint density at radius 2 is 0.717 bits per heavy atom. The lowest BCUT2D eigenvalue weighted by molar-refractivity contribution is -0.123. The van der Waals surface area contributed by atoms with Crippen LogP contribution in [0.4, 0.5) is 0 Å². The Hall–Kier alpha value is -1.14. The third-order valence-electron chi connectivity index (χ3n) is 9.73. The lowest BCUT2D eigenvalue weighted by Crippen LogP contribution is -2.40. The first kappa shape index (κ1) is 44.9. The third-order valence-corrected chi connectivity index (χ3v) is 9.73. The highest BCUT2D eigenvalue weighted by Gasteiger charge is 2.13. The molecule has 0 radical (unpaired) electrons. The lowest BCUT2D eigenvalue weighted by atomic mass is 10.0. The summed E-state index contributed by atoms with van der Waals surface area (Å²) in [4.78, 5) is 29.9. The summed E-state index contributed by atoms with van der Waals surface area (Å²) in [6, 6.07) is 0.520. The van der Waals surface area contributed by atoms with Gasteiger partial charge in [0, 0.05) is 51.1 Å². The molecule has 0 aliphatic carbocycles. The van der Waals surface area contributed by atoms with Crippen LogP contribution in [0.25, 0.3) is 0 Å². The fraction of sp³-hybridized carbons (Fsp3) is 0.950. The van der Waals surface area contributed by atoms with Crippen LogP contribution < -0.4 is 10.6 Å². The maximum Gasteiger partial charge on any atom is 0.221 e. The monoisotopic (exact) mass is 651 g/mol. The summed E-state index contributed by atoms with van der Waals surface area (Å²) in [5.74, 6) is 0.350. The summed E-state index contributed by atoms with van der Waals surface area (Å²) in [6.07, 6.45) is 30.2. The highest BCUT2D eigenvalue weighted by atomic mass is 16.2. The summed E-state index contributed by atoms with van der Waals surface area (Å²) in [6.45, 7) is 18.5. The third kappa shape index (κ3) is 30.2. The minimum atomic E-state index is 0.175. The van der Waals surface area contributed by atoms with Gasteiger partial charge in [-0.3, -0.25) is 9.59 Å². The molecule has 0 saturated carbocycles. The van der Waals surface area contributed by atoms with Gasteiger partial charge in [-0.15, -0.1) is 0 Å². The Balaban J connectivity index is 3.94. The van der Waals surface area contributed by atoms with Gasteiger partial charge in [0.15, 0.2) is 0 Å². The van der Waals surface area contributed by atoms with Crippen molar-refractivity contribution in [3.63, 3.8) is 0 Å². The van der Waals surface area contributed by atoms with Gasteiger partial charge in [-0.2, -0.15) is 0 Å². The average Bonchev–Trinajstić information content (AvgIpc) is 3.04. The standard InChI is InChI=1S/C40H82N4O2/c1-7-11-13-15-17-19-21-23-25-27-29-37(5)41-39(45)31-33-43(9-3)35-36-44(10-4)34-32-40(46)42-38(6)30-28-26-24-22-20-18-16-14-12-8-2/h37-38H,7-36H2,1-6H3,(H,41,45)(H,42,46). The number of likely N-dealkylation sites (N-methyl/N-ethyl adjacent to an activating group) is 2. The number of nitrogens with zero attached hydrogens (tertiary/aromatic N) is 2. The van der Waals surface area contributed by atoms with Gasteiger partial charge in [-0.05, 0) is 39.8 Å². The molecule has 0 spiro atoms. The van der Waals surface area contributed by atoms with Crippen molar-refractivity contribution in [1.29, 1.82) is 0 Å². The van der Waals surface area contributed by atoms with Crippen molar-refractivity contribution in [2.45, 2.75) is 208 Å². The number of hydrogen-bond donors (Lipinski definition) is 2. The van der Waals surface area contributed by atoms with E-state index in [1.807, 2.05) is 0 Å². The van der Waals surface area contributed by atoms with Gasteiger partial charge in [0.25, 0.3) is 0 Å². The molecule has 0 aromatic heterocycles. The maximum atomic E-state index is 12.6. The van der Waals surface area contributed by atoms with E-state index in [2.05, 4.69) is 62.0 Å². The Morgan fingerprint density at radius 1 is 0.435 bits per heavy atom. The predicted octanol–water partition coefficient (Wildman–Crippen LogP) is 10.0. The van der Waals surface area contributed by atoms with Crippen LogP contribution in [0, 0.1) is 0 Å². The Labute approximate surface area is 288 Å². The van der Waals surface area contributed by atoms with E-state index in [9.17, 15) is 9.59 Å². The first-order chi connectivity index (χ1) is 22.4. The molecule has 274 valence electrons. The van der Waals surface area contributed by atoms with Crippen molar-refractivity contribution in [2.75, 3.05) is 39.3 Å². The second-order valence-corrected chi connectivity index (χ2v) is 14.2. The minimum absolute atomic E-state index is 0.175. The molecule has 0 aromatic carbocycles. The van der Waals surface area contributed by atoms with Gasteiger partial charge < -0.3 is 20.4 Å². The maximum absolute atomic E-state index is 12.6. The average molecular weight is 651 g/mol. The molecule has 0 aliphatic heterocycles. The van der Waals surface area contributed by atoms with E-state index in [0.717, 1.165) is 52.1 Å². The van der Waals surface area contributed by atoms with Gasteiger partial charge in [-0.25, -0.2) is 0 Å². The fourth-order valence-electron chi connectivity index (χ4n) is 6.37. The van der Waals surface area contributed by atoms with E-state index in [-0.39, 0.29) is 23.9 Å². The molecular formula is C40H82N4O2. The largest absolute Gasteiger partial charge is 0.354 e. The normalized spacial score (nSPS) is 13.0. The van der Waals surface area contributed by atoms with Crippen molar-refractivity contribution >= 4 is 11.8 Å².